The summed E-state index contributed by atoms with van der Waals surface area (Å²) < 4.78 is 33.8. The molecule has 166 valence electrons. The minimum Gasteiger partial charge on any atom is -0.391 e. The third-order valence-corrected chi connectivity index (χ3v) is 6.08. The molecule has 3 N–H and O–H groups in total. The van der Waals surface area contributed by atoms with Gasteiger partial charge in [0.1, 0.15) is 17.7 Å². The minimum absolute atomic E-state index is 0.136. The van der Waals surface area contributed by atoms with Crippen LogP contribution in [-0.2, 0) is 9.57 Å². The van der Waals surface area contributed by atoms with Crippen LogP contribution in [0.15, 0.2) is 59.8 Å². The number of rotatable bonds is 7. The first-order valence-corrected chi connectivity index (χ1v) is 10.6. The van der Waals surface area contributed by atoms with Crippen molar-refractivity contribution >= 4 is 0 Å². The molecule has 0 aliphatic carbocycles. The van der Waals surface area contributed by atoms with Crippen molar-refractivity contribution in [2.75, 3.05) is 7.11 Å². The van der Waals surface area contributed by atoms with E-state index in [9.17, 15) is 13.9 Å². The van der Waals surface area contributed by atoms with Crippen molar-refractivity contribution in [3.8, 4) is 0 Å². The first-order valence-electron chi connectivity index (χ1n) is 10.6. The number of aliphatic hydroxyl groups excluding tert-OH is 1. The summed E-state index contributed by atoms with van der Waals surface area (Å²) in [5, 5.41) is 14.1. The fourth-order valence-corrected chi connectivity index (χ4v) is 4.67. The molecular formula is C24H28F2N2O3. The summed E-state index contributed by atoms with van der Waals surface area (Å²) in [5.74, 6) is -0.662. The minimum atomic E-state index is -0.517. The van der Waals surface area contributed by atoms with Gasteiger partial charge in [-0.25, -0.2) is 8.78 Å². The van der Waals surface area contributed by atoms with Gasteiger partial charge in [0.15, 0.2) is 0 Å². The second-order valence-electron chi connectivity index (χ2n) is 8.08. The number of hydrogen-bond acceptors (Lipinski definition) is 5. The van der Waals surface area contributed by atoms with Gasteiger partial charge in [0.05, 0.1) is 25.4 Å². The Labute approximate surface area is 181 Å². The summed E-state index contributed by atoms with van der Waals surface area (Å²) >= 11 is 0. The Morgan fingerprint density at radius 3 is 2.16 bits per heavy atom. The van der Waals surface area contributed by atoms with Crippen LogP contribution >= 0.6 is 0 Å². The molecule has 2 aromatic rings. The number of piperidine rings is 1. The van der Waals surface area contributed by atoms with Crippen molar-refractivity contribution in [2.45, 2.75) is 56.6 Å². The van der Waals surface area contributed by atoms with Crippen LogP contribution in [0, 0.1) is 11.6 Å². The maximum absolute atomic E-state index is 13.6. The highest BCUT2D eigenvalue weighted by Crippen LogP contribution is 2.39. The molecular weight excluding hydrogens is 402 g/mol. The predicted molar refractivity (Wildman–Crippen MR) is 113 cm³/mol. The van der Waals surface area contributed by atoms with Gasteiger partial charge in [-0.3, -0.25) is 10.3 Å². The molecule has 2 unspecified atom stereocenters. The molecule has 0 spiro atoms. The Morgan fingerprint density at radius 2 is 1.65 bits per heavy atom. The summed E-state index contributed by atoms with van der Waals surface area (Å²) in [7, 11) is 1.55. The van der Waals surface area contributed by atoms with Gasteiger partial charge >= 0.3 is 0 Å². The molecule has 0 radical (unpaired) electrons. The van der Waals surface area contributed by atoms with E-state index in [2.05, 4.69) is 10.8 Å². The second kappa shape index (κ2) is 9.44. The molecule has 0 saturated carbocycles. The molecule has 0 aromatic heterocycles. The Hall–Kier alpha value is -2.32. The molecule has 2 bridgehead atoms. The summed E-state index contributed by atoms with van der Waals surface area (Å²) in [6.07, 6.45) is 0.675. The van der Waals surface area contributed by atoms with Crippen molar-refractivity contribution in [1.29, 1.82) is 0 Å². The van der Waals surface area contributed by atoms with Crippen molar-refractivity contribution in [1.82, 2.24) is 10.8 Å². The highest BCUT2D eigenvalue weighted by atomic mass is 19.1. The molecule has 5 nitrogen and oxygen atoms in total. The number of hydrogen-bond donors (Lipinski definition) is 3. The summed E-state index contributed by atoms with van der Waals surface area (Å²) in [4.78, 5) is 5.18. The van der Waals surface area contributed by atoms with Crippen LogP contribution in [0.1, 0.15) is 43.4 Å². The number of ether oxygens (including phenoxy) is 1. The van der Waals surface area contributed by atoms with E-state index in [0.717, 1.165) is 22.4 Å². The number of hydroxylamine groups is 1. The van der Waals surface area contributed by atoms with E-state index in [1.807, 2.05) is 6.92 Å². The van der Waals surface area contributed by atoms with Gasteiger partial charge in [0.25, 0.3) is 0 Å². The van der Waals surface area contributed by atoms with E-state index in [-0.39, 0.29) is 29.8 Å². The zero-order valence-corrected chi connectivity index (χ0v) is 17.6. The molecule has 2 aliphatic heterocycles. The first kappa shape index (κ1) is 21.9. The standard InChI is InChI=1S/C24H28F2N2O3/c1-3-19(28-30-2)22-21(13-18-12-20(29)23(22)27-18)31-24(14-4-8-16(25)9-5-14)15-6-10-17(26)11-7-15/h4-11,18,20-21,23-24,27-29H,3,12-13H2,1-2H3/t18?,20?,21-,23+/m1/s1. The molecule has 4 atom stereocenters. The van der Waals surface area contributed by atoms with Crippen LogP contribution in [0.25, 0.3) is 0 Å². The lowest BCUT2D eigenvalue weighted by molar-refractivity contribution is 0.00587. The lowest BCUT2D eigenvalue weighted by Crippen LogP contribution is -2.48. The average molecular weight is 430 g/mol. The quantitative estimate of drug-likeness (QED) is 0.584. The molecule has 4 rings (SSSR count). The number of benzene rings is 2. The van der Waals surface area contributed by atoms with Crippen LogP contribution < -0.4 is 10.8 Å². The van der Waals surface area contributed by atoms with Crippen LogP contribution in [-0.4, -0.2) is 36.5 Å². The summed E-state index contributed by atoms with van der Waals surface area (Å²) in [6.45, 7) is 2.01. The van der Waals surface area contributed by atoms with Crippen LogP contribution in [0.3, 0.4) is 0 Å². The molecule has 0 amide bonds. The normalized spacial score (nSPS) is 26.9. The number of aliphatic hydroxyl groups is 1. The van der Waals surface area contributed by atoms with E-state index < -0.39 is 12.2 Å². The van der Waals surface area contributed by atoms with Crippen molar-refractivity contribution < 1.29 is 23.5 Å². The molecule has 2 aliphatic rings. The van der Waals surface area contributed by atoms with Gasteiger partial charge in [-0.15, -0.1) is 0 Å². The fourth-order valence-electron chi connectivity index (χ4n) is 4.67. The molecule has 2 heterocycles. The summed E-state index contributed by atoms with van der Waals surface area (Å²) in [5.41, 5.74) is 6.29. The Bertz CT molecular complexity index is 872. The maximum Gasteiger partial charge on any atom is 0.123 e. The zero-order valence-electron chi connectivity index (χ0n) is 17.6. The van der Waals surface area contributed by atoms with E-state index in [1.54, 1.807) is 31.4 Å². The Morgan fingerprint density at radius 1 is 1.06 bits per heavy atom. The molecule has 31 heavy (non-hydrogen) atoms. The van der Waals surface area contributed by atoms with E-state index in [1.165, 1.54) is 24.3 Å². The average Bonchev–Trinajstić information content (AvgIpc) is 3.06. The highest BCUT2D eigenvalue weighted by Gasteiger charge is 2.45. The largest absolute Gasteiger partial charge is 0.391 e. The fraction of sp³-hybridized carbons (Fsp3) is 0.417. The van der Waals surface area contributed by atoms with E-state index in [4.69, 9.17) is 9.57 Å². The number of halogens is 2. The van der Waals surface area contributed by atoms with Gasteiger partial charge in [-0.05, 0) is 60.2 Å². The number of nitrogens with one attached hydrogen (secondary N) is 2. The van der Waals surface area contributed by atoms with Gasteiger partial charge in [0.2, 0.25) is 0 Å². The topological polar surface area (TPSA) is 62.8 Å². The lowest BCUT2D eigenvalue weighted by Gasteiger charge is -2.37. The van der Waals surface area contributed by atoms with Crippen LogP contribution in [0.5, 0.6) is 0 Å². The summed E-state index contributed by atoms with van der Waals surface area (Å²) in [6, 6.07) is 12.2. The lowest BCUT2D eigenvalue weighted by atomic mass is 9.91. The predicted octanol–water partition coefficient (Wildman–Crippen LogP) is 3.75. The molecule has 7 heteroatoms. The van der Waals surface area contributed by atoms with Crippen LogP contribution in [0.2, 0.25) is 0 Å². The van der Waals surface area contributed by atoms with Gasteiger partial charge < -0.3 is 15.2 Å². The second-order valence-corrected chi connectivity index (χ2v) is 8.08. The molecule has 2 fully saturated rings. The Kier molecular flexibility index (Phi) is 6.67. The number of fused-ring (bicyclic) bond motifs is 2. The van der Waals surface area contributed by atoms with Crippen molar-refractivity contribution in [2.24, 2.45) is 0 Å². The third-order valence-electron chi connectivity index (χ3n) is 6.08. The van der Waals surface area contributed by atoms with Gasteiger partial charge in [0, 0.05) is 11.7 Å². The first-order chi connectivity index (χ1) is 15.0. The monoisotopic (exact) mass is 430 g/mol. The molecule has 2 aromatic carbocycles. The van der Waals surface area contributed by atoms with E-state index >= 15 is 0 Å². The zero-order chi connectivity index (χ0) is 22.0. The van der Waals surface area contributed by atoms with Crippen LogP contribution in [0.4, 0.5) is 8.78 Å². The van der Waals surface area contributed by atoms with E-state index in [0.29, 0.717) is 19.3 Å². The maximum atomic E-state index is 13.6. The van der Waals surface area contributed by atoms with Gasteiger partial charge in [-0.1, -0.05) is 31.2 Å². The molecule has 2 saturated heterocycles. The third kappa shape index (κ3) is 4.65. The van der Waals surface area contributed by atoms with Crippen molar-refractivity contribution in [3.05, 3.63) is 82.6 Å². The van der Waals surface area contributed by atoms with Gasteiger partial charge in [-0.2, -0.15) is 0 Å². The Balaban J connectivity index is 1.73. The smallest absolute Gasteiger partial charge is 0.123 e. The number of allylic oxidation sites excluding steroid dienone is 1. The SMILES string of the molecule is CCC(NOC)=C1[C@H]2NC(CC2O)C[C@H]1OC(c1ccc(F)cc1)c1ccc(F)cc1. The highest BCUT2D eigenvalue weighted by molar-refractivity contribution is 5.34. The van der Waals surface area contributed by atoms with Crippen molar-refractivity contribution in [3.63, 3.8) is 0 Å².